The maximum Gasteiger partial charge on any atom is 0.416 e. The molecule has 4 rings (SSSR count). The lowest BCUT2D eigenvalue weighted by molar-refractivity contribution is 0.0576. The summed E-state index contributed by atoms with van der Waals surface area (Å²) in [7, 11) is 0. The van der Waals surface area contributed by atoms with Crippen molar-refractivity contribution in [3.8, 4) is 0 Å². The van der Waals surface area contributed by atoms with Crippen LogP contribution in [0.1, 0.15) is 51.4 Å². The van der Waals surface area contributed by atoms with Crippen LogP contribution in [0.2, 0.25) is 0 Å². The number of hydrogen-bond donors (Lipinski definition) is 1. The van der Waals surface area contributed by atoms with Crippen LogP contribution in [0, 0.1) is 5.92 Å². The SMILES string of the molecule is CC(C)CNc1nc(/C=C/c2ccccc2)cc(N(Cc2cccc3ccccc23)C(=O)OC(C)(C)C)n1. The van der Waals surface area contributed by atoms with Gasteiger partial charge in [0.2, 0.25) is 5.95 Å². The second-order valence-electron chi connectivity index (χ2n) is 10.7. The molecular formula is C32H36N4O2. The standard InChI is InChI=1S/C32H36N4O2/c1-23(2)21-33-30-34-27(19-18-24-12-7-6-8-13-24)20-29(35-30)36(31(37)38-32(3,4)5)22-26-16-11-15-25-14-9-10-17-28(25)26/h6-20,23H,21-22H2,1-5H3,(H,33,34,35)/b19-18+. The van der Waals surface area contributed by atoms with Gasteiger partial charge in [-0.1, -0.05) is 92.7 Å². The van der Waals surface area contributed by atoms with Crippen LogP contribution in [0.15, 0.2) is 78.9 Å². The average Bonchev–Trinajstić information content (AvgIpc) is 2.89. The smallest absolute Gasteiger partial charge is 0.416 e. The Balaban J connectivity index is 1.78. The minimum absolute atomic E-state index is 0.304. The monoisotopic (exact) mass is 508 g/mol. The number of anilines is 2. The van der Waals surface area contributed by atoms with Crippen LogP contribution in [0.3, 0.4) is 0 Å². The maximum absolute atomic E-state index is 13.6. The van der Waals surface area contributed by atoms with Crippen molar-refractivity contribution in [3.63, 3.8) is 0 Å². The van der Waals surface area contributed by atoms with Gasteiger partial charge in [0.05, 0.1) is 12.2 Å². The van der Waals surface area contributed by atoms with Crippen LogP contribution in [0.4, 0.5) is 16.6 Å². The molecule has 0 aliphatic heterocycles. The van der Waals surface area contributed by atoms with Crippen LogP contribution < -0.4 is 10.2 Å². The van der Waals surface area contributed by atoms with Gasteiger partial charge in [0.1, 0.15) is 11.4 Å². The molecule has 0 unspecified atom stereocenters. The largest absolute Gasteiger partial charge is 0.443 e. The van der Waals surface area contributed by atoms with Gasteiger partial charge in [-0.15, -0.1) is 0 Å². The Hall–Kier alpha value is -4.19. The zero-order valence-electron chi connectivity index (χ0n) is 22.8. The number of amides is 1. The molecule has 196 valence electrons. The molecular weight excluding hydrogens is 472 g/mol. The van der Waals surface area contributed by atoms with Crippen molar-refractivity contribution in [2.24, 2.45) is 5.92 Å². The summed E-state index contributed by atoms with van der Waals surface area (Å²) in [5, 5.41) is 5.52. The van der Waals surface area contributed by atoms with Gasteiger partial charge in [0, 0.05) is 12.6 Å². The van der Waals surface area contributed by atoms with Crippen LogP contribution in [-0.2, 0) is 11.3 Å². The topological polar surface area (TPSA) is 67.4 Å². The van der Waals surface area contributed by atoms with Crippen molar-refractivity contribution in [2.75, 3.05) is 16.8 Å². The zero-order chi connectivity index (χ0) is 27.1. The van der Waals surface area contributed by atoms with Gasteiger partial charge in [-0.2, -0.15) is 4.98 Å². The Morgan fingerprint density at radius 3 is 2.39 bits per heavy atom. The highest BCUT2D eigenvalue weighted by molar-refractivity contribution is 5.90. The number of hydrogen-bond acceptors (Lipinski definition) is 5. The van der Waals surface area contributed by atoms with E-state index in [1.807, 2.05) is 93.6 Å². The highest BCUT2D eigenvalue weighted by atomic mass is 16.6. The molecule has 3 aromatic carbocycles. The molecule has 0 aliphatic carbocycles. The molecule has 0 atom stereocenters. The van der Waals surface area contributed by atoms with Crippen molar-refractivity contribution >= 4 is 40.8 Å². The molecule has 0 saturated carbocycles. The lowest BCUT2D eigenvalue weighted by atomic mass is 10.0. The van der Waals surface area contributed by atoms with Crippen molar-refractivity contribution in [1.82, 2.24) is 9.97 Å². The van der Waals surface area contributed by atoms with E-state index in [9.17, 15) is 4.79 Å². The fraction of sp³-hybridized carbons (Fsp3) is 0.281. The molecule has 0 spiro atoms. The van der Waals surface area contributed by atoms with E-state index in [1.54, 1.807) is 4.90 Å². The number of carbonyl (C=O) groups excluding carboxylic acids is 1. The van der Waals surface area contributed by atoms with E-state index < -0.39 is 11.7 Å². The highest BCUT2D eigenvalue weighted by Gasteiger charge is 2.26. The number of aromatic nitrogens is 2. The Morgan fingerprint density at radius 2 is 1.66 bits per heavy atom. The summed E-state index contributed by atoms with van der Waals surface area (Å²) < 4.78 is 5.83. The van der Waals surface area contributed by atoms with Crippen molar-refractivity contribution < 1.29 is 9.53 Å². The molecule has 1 aromatic heterocycles. The minimum Gasteiger partial charge on any atom is -0.443 e. The summed E-state index contributed by atoms with van der Waals surface area (Å²) in [6.07, 6.45) is 3.48. The predicted molar refractivity (Wildman–Crippen MR) is 157 cm³/mol. The third-order valence-electron chi connectivity index (χ3n) is 5.75. The van der Waals surface area contributed by atoms with Crippen molar-refractivity contribution in [1.29, 1.82) is 0 Å². The zero-order valence-corrected chi connectivity index (χ0v) is 22.8. The molecule has 38 heavy (non-hydrogen) atoms. The first-order valence-corrected chi connectivity index (χ1v) is 13.0. The van der Waals surface area contributed by atoms with Gasteiger partial charge in [-0.05, 0) is 54.7 Å². The molecule has 0 aliphatic rings. The summed E-state index contributed by atoms with van der Waals surface area (Å²) >= 11 is 0. The number of nitrogens with one attached hydrogen (secondary N) is 1. The second kappa shape index (κ2) is 11.9. The van der Waals surface area contributed by atoms with Gasteiger partial charge < -0.3 is 10.1 Å². The predicted octanol–water partition coefficient (Wildman–Crippen LogP) is 7.81. The Kier molecular flexibility index (Phi) is 8.41. The van der Waals surface area contributed by atoms with Gasteiger partial charge in [0.25, 0.3) is 0 Å². The van der Waals surface area contributed by atoms with Crippen molar-refractivity contribution in [2.45, 2.75) is 46.8 Å². The van der Waals surface area contributed by atoms with Crippen LogP contribution in [-0.4, -0.2) is 28.2 Å². The van der Waals surface area contributed by atoms with E-state index in [1.165, 1.54) is 0 Å². The Morgan fingerprint density at radius 1 is 0.947 bits per heavy atom. The number of nitrogens with zero attached hydrogens (tertiary/aromatic N) is 3. The third kappa shape index (κ3) is 7.42. The van der Waals surface area contributed by atoms with Gasteiger partial charge in [-0.3, -0.25) is 4.90 Å². The molecule has 1 heterocycles. The molecule has 6 nitrogen and oxygen atoms in total. The molecule has 0 bridgehead atoms. The van der Waals surface area contributed by atoms with Gasteiger partial charge in [-0.25, -0.2) is 9.78 Å². The molecule has 0 radical (unpaired) electrons. The number of carbonyl (C=O) groups is 1. The maximum atomic E-state index is 13.6. The van der Waals surface area contributed by atoms with E-state index in [-0.39, 0.29) is 0 Å². The first-order chi connectivity index (χ1) is 18.2. The molecule has 1 N–H and O–H groups in total. The molecule has 6 heteroatoms. The fourth-order valence-electron chi connectivity index (χ4n) is 3.95. The quantitative estimate of drug-likeness (QED) is 0.263. The normalized spacial score (nSPS) is 11.7. The molecule has 4 aromatic rings. The number of ether oxygens (including phenoxy) is 1. The fourth-order valence-corrected chi connectivity index (χ4v) is 3.95. The van der Waals surface area contributed by atoms with Crippen LogP contribution >= 0.6 is 0 Å². The summed E-state index contributed by atoms with van der Waals surface area (Å²) in [4.78, 5) is 24.6. The van der Waals surface area contributed by atoms with E-state index in [0.717, 1.165) is 21.9 Å². The number of fused-ring (bicyclic) bond motifs is 1. The lowest BCUT2D eigenvalue weighted by Crippen LogP contribution is -2.37. The van der Waals surface area contributed by atoms with Gasteiger partial charge in [0.15, 0.2) is 0 Å². The Bertz CT molecular complexity index is 1400. The molecule has 1 amide bonds. The average molecular weight is 509 g/mol. The molecule has 0 saturated heterocycles. The van der Waals surface area contributed by atoms with Crippen LogP contribution in [0.5, 0.6) is 0 Å². The van der Waals surface area contributed by atoms with E-state index in [0.29, 0.717) is 36.5 Å². The van der Waals surface area contributed by atoms with E-state index in [2.05, 4.69) is 37.4 Å². The number of benzene rings is 3. The first-order valence-electron chi connectivity index (χ1n) is 13.0. The first kappa shape index (κ1) is 26.9. The van der Waals surface area contributed by atoms with E-state index in [4.69, 9.17) is 14.7 Å². The summed E-state index contributed by atoms with van der Waals surface area (Å²) in [5.74, 6) is 1.35. The highest BCUT2D eigenvalue weighted by Crippen LogP contribution is 2.26. The van der Waals surface area contributed by atoms with Crippen molar-refractivity contribution in [3.05, 3.63) is 95.7 Å². The second-order valence-corrected chi connectivity index (χ2v) is 10.7. The van der Waals surface area contributed by atoms with E-state index >= 15 is 0 Å². The summed E-state index contributed by atoms with van der Waals surface area (Å²) in [6, 6.07) is 26.1. The Labute approximate surface area is 225 Å². The van der Waals surface area contributed by atoms with Gasteiger partial charge >= 0.3 is 6.09 Å². The summed E-state index contributed by atoms with van der Waals surface area (Å²) in [6.45, 7) is 10.9. The third-order valence-corrected chi connectivity index (χ3v) is 5.75. The lowest BCUT2D eigenvalue weighted by Gasteiger charge is -2.27. The number of rotatable bonds is 8. The van der Waals surface area contributed by atoms with Crippen LogP contribution in [0.25, 0.3) is 22.9 Å². The minimum atomic E-state index is -0.657. The molecule has 0 fully saturated rings. The summed E-state index contributed by atoms with van der Waals surface area (Å²) in [5.41, 5.74) is 2.10.